The first kappa shape index (κ1) is 29.9. The van der Waals surface area contributed by atoms with E-state index in [4.69, 9.17) is 10.7 Å². The molecule has 220 valence electrons. The maximum atomic E-state index is 13.6. The molecule has 0 spiro atoms. The molecule has 7 nitrogen and oxygen atoms in total. The highest BCUT2D eigenvalue weighted by Gasteiger charge is 2.43. The Morgan fingerprint density at radius 2 is 2.10 bits per heavy atom. The number of hydrogen-bond acceptors (Lipinski definition) is 6. The number of aromatic amines is 1. The molecular formula is C29H33ClF2N4O3S2. The van der Waals surface area contributed by atoms with Gasteiger partial charge >= 0.3 is 6.29 Å². The van der Waals surface area contributed by atoms with Crippen LogP contribution in [0, 0.1) is 0 Å². The molecule has 2 aliphatic rings. The van der Waals surface area contributed by atoms with Gasteiger partial charge in [0.05, 0.1) is 11.0 Å². The fourth-order valence-electron chi connectivity index (χ4n) is 4.95. The Morgan fingerprint density at radius 3 is 2.88 bits per heavy atom. The van der Waals surface area contributed by atoms with Gasteiger partial charge < -0.3 is 19.8 Å². The monoisotopic (exact) mass is 622 g/mol. The van der Waals surface area contributed by atoms with Gasteiger partial charge in [0.15, 0.2) is 11.5 Å². The fraction of sp³-hybridized carbons (Fsp3) is 0.414. The summed E-state index contributed by atoms with van der Waals surface area (Å²) in [6, 6.07) is 7.11. The van der Waals surface area contributed by atoms with Crippen molar-refractivity contribution in [3.8, 4) is 22.6 Å². The Hall–Kier alpha value is -2.60. The summed E-state index contributed by atoms with van der Waals surface area (Å²) in [4.78, 5) is 7.83. The van der Waals surface area contributed by atoms with Gasteiger partial charge in [-0.05, 0) is 72.1 Å². The maximum absolute atomic E-state index is 13.6. The van der Waals surface area contributed by atoms with Gasteiger partial charge in [0.2, 0.25) is 0 Å². The van der Waals surface area contributed by atoms with E-state index in [9.17, 15) is 13.0 Å². The van der Waals surface area contributed by atoms with E-state index >= 15 is 0 Å². The molecular weight excluding hydrogens is 590 g/mol. The molecule has 1 fully saturated rings. The number of allylic oxidation sites excluding steroid dienone is 3. The van der Waals surface area contributed by atoms with Crippen LogP contribution in [0.25, 0.3) is 27.7 Å². The van der Waals surface area contributed by atoms with Crippen molar-refractivity contribution in [1.82, 2.24) is 19.6 Å². The number of fused-ring (bicyclic) bond motifs is 2. The van der Waals surface area contributed by atoms with Crippen molar-refractivity contribution in [2.75, 3.05) is 24.6 Å². The predicted molar refractivity (Wildman–Crippen MR) is 163 cm³/mol. The molecule has 0 saturated carbocycles. The number of unbranched alkanes of at least 4 members (excludes halogenated alkanes) is 1. The van der Waals surface area contributed by atoms with E-state index in [0.717, 1.165) is 73.0 Å². The number of nitrogens with one attached hydrogen (secondary N) is 2. The van der Waals surface area contributed by atoms with Crippen molar-refractivity contribution in [1.29, 1.82) is 0 Å². The molecule has 2 aromatic heterocycles. The highest BCUT2D eigenvalue weighted by atomic mass is 35.7. The standard InChI is InChI=1S/C29H33ClF2N4O3S2/c1-2-14-41(37)36-11-9-23(10-12-36)33-17-21(6-4-3-5-13-40-30)22-15-24-25(19-35-28(24)34-18-22)20-7-8-26-27(16-20)39-29(31,32)38-26/h4,6-8,15-19,23,33H,2-3,5,9-14H2,1H3,(H,34,35)/b6-4?,21-17+. The summed E-state index contributed by atoms with van der Waals surface area (Å²) in [5, 5.41) is 4.45. The summed E-state index contributed by atoms with van der Waals surface area (Å²) in [6.45, 7) is 3.67. The van der Waals surface area contributed by atoms with E-state index in [1.165, 1.54) is 17.0 Å². The number of hydrogen-bond donors (Lipinski definition) is 2. The molecule has 2 aliphatic heterocycles. The van der Waals surface area contributed by atoms with Gasteiger partial charge in [-0.25, -0.2) is 13.5 Å². The van der Waals surface area contributed by atoms with Crippen LogP contribution in [0.15, 0.2) is 55.0 Å². The third-order valence-corrected chi connectivity index (χ3v) is 9.67. The lowest BCUT2D eigenvalue weighted by molar-refractivity contribution is -0.286. The first-order chi connectivity index (χ1) is 19.9. The lowest BCUT2D eigenvalue weighted by Gasteiger charge is -2.31. The molecule has 12 heteroatoms. The van der Waals surface area contributed by atoms with Gasteiger partial charge in [-0.1, -0.05) is 36.1 Å². The summed E-state index contributed by atoms with van der Waals surface area (Å²) >= 11 is 0. The summed E-state index contributed by atoms with van der Waals surface area (Å²) in [5.74, 6) is 1.60. The molecule has 3 aromatic rings. The lowest BCUT2D eigenvalue weighted by Crippen LogP contribution is -2.42. The lowest BCUT2D eigenvalue weighted by atomic mass is 10.0. The topological polar surface area (TPSA) is 79.5 Å². The minimum absolute atomic E-state index is 0.00151. The molecule has 0 bridgehead atoms. The minimum atomic E-state index is -3.67. The molecule has 1 unspecified atom stereocenters. The molecule has 0 radical (unpaired) electrons. The number of halogens is 3. The van der Waals surface area contributed by atoms with Crippen molar-refractivity contribution in [2.45, 2.75) is 51.4 Å². The highest BCUT2D eigenvalue weighted by Crippen LogP contribution is 2.43. The van der Waals surface area contributed by atoms with Gasteiger partial charge in [0, 0.05) is 65.7 Å². The van der Waals surface area contributed by atoms with Crippen LogP contribution in [-0.2, 0) is 11.0 Å². The van der Waals surface area contributed by atoms with Crippen molar-refractivity contribution < 1.29 is 22.5 Å². The zero-order valence-electron chi connectivity index (χ0n) is 22.7. The molecule has 41 heavy (non-hydrogen) atoms. The van der Waals surface area contributed by atoms with E-state index in [2.05, 4.69) is 54.2 Å². The van der Waals surface area contributed by atoms with Crippen LogP contribution < -0.4 is 14.8 Å². The fourth-order valence-corrected chi connectivity index (χ4v) is 6.78. The zero-order valence-corrected chi connectivity index (χ0v) is 25.1. The number of piperidine rings is 1. The molecule has 2 N–H and O–H groups in total. The first-order valence-corrected chi connectivity index (χ1v) is 16.8. The summed E-state index contributed by atoms with van der Waals surface area (Å²) in [6.07, 6.45) is 10.9. The third-order valence-electron chi connectivity index (χ3n) is 7.06. The van der Waals surface area contributed by atoms with E-state index in [0.29, 0.717) is 17.0 Å². The third kappa shape index (κ3) is 7.43. The van der Waals surface area contributed by atoms with E-state index in [1.54, 1.807) is 12.1 Å². The molecule has 1 aromatic carbocycles. The van der Waals surface area contributed by atoms with Crippen LogP contribution in [0.4, 0.5) is 8.78 Å². The number of benzene rings is 1. The minimum Gasteiger partial charge on any atom is -0.395 e. The molecule has 0 amide bonds. The Morgan fingerprint density at radius 1 is 1.29 bits per heavy atom. The second-order valence-electron chi connectivity index (χ2n) is 10.0. The number of nitrogens with zero attached hydrogens (tertiary/aromatic N) is 2. The summed E-state index contributed by atoms with van der Waals surface area (Å²) in [5.41, 5.74) is 4.11. The number of rotatable bonds is 12. The number of pyridine rings is 1. The Balaban J connectivity index is 1.38. The first-order valence-electron chi connectivity index (χ1n) is 13.7. The average molecular weight is 623 g/mol. The van der Waals surface area contributed by atoms with E-state index in [-0.39, 0.29) is 17.5 Å². The molecule has 4 heterocycles. The van der Waals surface area contributed by atoms with Crippen molar-refractivity contribution in [2.24, 2.45) is 0 Å². The second kappa shape index (κ2) is 13.6. The predicted octanol–water partition coefficient (Wildman–Crippen LogP) is 7.24. The van der Waals surface area contributed by atoms with Gasteiger partial charge in [0.25, 0.3) is 0 Å². The van der Waals surface area contributed by atoms with Gasteiger partial charge in [-0.3, -0.25) is 0 Å². The van der Waals surface area contributed by atoms with Crippen LogP contribution in [0.2, 0.25) is 0 Å². The van der Waals surface area contributed by atoms with Gasteiger partial charge in [0.1, 0.15) is 5.65 Å². The number of H-pyrrole nitrogens is 1. The summed E-state index contributed by atoms with van der Waals surface area (Å²) < 4.78 is 50.8. The van der Waals surface area contributed by atoms with Crippen molar-refractivity contribution in [3.63, 3.8) is 0 Å². The molecule has 0 aliphatic carbocycles. The second-order valence-corrected chi connectivity index (χ2v) is 12.9. The Bertz CT molecular complexity index is 1440. The van der Waals surface area contributed by atoms with Crippen molar-refractivity contribution >= 4 is 49.2 Å². The largest absolute Gasteiger partial charge is 0.586 e. The van der Waals surface area contributed by atoms with E-state index in [1.807, 2.05) is 18.6 Å². The van der Waals surface area contributed by atoms with Crippen LogP contribution in [0.1, 0.15) is 44.6 Å². The average Bonchev–Trinajstić information content (AvgIpc) is 3.53. The molecule has 1 saturated heterocycles. The normalized spacial score (nSPS) is 18.4. The van der Waals surface area contributed by atoms with E-state index < -0.39 is 17.3 Å². The highest BCUT2D eigenvalue weighted by molar-refractivity contribution is 8.21. The van der Waals surface area contributed by atoms with Crippen LogP contribution >= 0.6 is 21.7 Å². The van der Waals surface area contributed by atoms with Gasteiger partial charge in [-0.15, -0.1) is 8.78 Å². The van der Waals surface area contributed by atoms with Crippen LogP contribution in [0.3, 0.4) is 0 Å². The quantitative estimate of drug-likeness (QED) is 0.164. The van der Waals surface area contributed by atoms with Gasteiger partial charge in [-0.2, -0.15) is 0 Å². The number of alkyl halides is 2. The smallest absolute Gasteiger partial charge is 0.395 e. The Labute approximate surface area is 249 Å². The van der Waals surface area contributed by atoms with Crippen LogP contribution in [0.5, 0.6) is 11.5 Å². The number of ether oxygens (including phenoxy) is 2. The van der Waals surface area contributed by atoms with Crippen LogP contribution in [-0.4, -0.2) is 55.4 Å². The molecule has 1 atom stereocenters. The zero-order chi connectivity index (χ0) is 28.8. The Kier molecular flexibility index (Phi) is 9.90. The van der Waals surface area contributed by atoms with Crippen molar-refractivity contribution in [3.05, 3.63) is 60.6 Å². The SMILES string of the molecule is CCCS(=O)N1CCC(N/C=C(\C=CCCCSCl)c2cnc3[nH]cc(-c4ccc5c(c4)OC(F)(F)O5)c3c2)CC1. The number of aromatic nitrogens is 2. The molecule has 5 rings (SSSR count). The summed E-state index contributed by atoms with van der Waals surface area (Å²) in [7, 11) is 6.18. The maximum Gasteiger partial charge on any atom is 0.586 e.